The van der Waals surface area contributed by atoms with Crippen molar-refractivity contribution >= 4 is 23.2 Å². The minimum Gasteiger partial charge on any atom is -0.459 e. The number of carbonyl (C=O) groups is 1. The second kappa shape index (κ2) is 7.13. The Morgan fingerprint density at radius 1 is 1.08 bits per heavy atom. The van der Waals surface area contributed by atoms with E-state index in [0.717, 1.165) is 16.7 Å². The first-order valence-electron chi connectivity index (χ1n) is 7.86. The predicted octanol–water partition coefficient (Wildman–Crippen LogP) is 4.96. The number of aliphatic hydroxyl groups excluding tert-OH is 1. The van der Waals surface area contributed by atoms with E-state index in [-0.39, 0.29) is 12.5 Å². The zero-order chi connectivity index (χ0) is 18.0. The molecule has 1 heterocycles. The molecule has 2 aromatic carbocycles. The topological polar surface area (TPSA) is 62.5 Å². The van der Waals surface area contributed by atoms with Gasteiger partial charge in [-0.2, -0.15) is 0 Å². The number of halogens is 1. The highest BCUT2D eigenvalue weighted by Crippen LogP contribution is 2.28. The van der Waals surface area contributed by atoms with E-state index in [4.69, 9.17) is 21.1 Å². The molecule has 1 amide bonds. The van der Waals surface area contributed by atoms with Crippen LogP contribution in [0.25, 0.3) is 11.3 Å². The Hall–Kier alpha value is -2.56. The van der Waals surface area contributed by atoms with Crippen molar-refractivity contribution in [3.05, 3.63) is 76.0 Å². The van der Waals surface area contributed by atoms with E-state index in [9.17, 15) is 4.79 Å². The molecular weight excluding hydrogens is 338 g/mol. The predicted molar refractivity (Wildman–Crippen MR) is 98.9 cm³/mol. The summed E-state index contributed by atoms with van der Waals surface area (Å²) in [5, 5.41) is 12.5. The van der Waals surface area contributed by atoms with Gasteiger partial charge in [0.2, 0.25) is 0 Å². The monoisotopic (exact) mass is 355 g/mol. The van der Waals surface area contributed by atoms with E-state index in [1.807, 2.05) is 44.2 Å². The number of amides is 1. The van der Waals surface area contributed by atoms with Gasteiger partial charge in [0.05, 0.1) is 0 Å². The molecule has 128 valence electrons. The number of hydrogen-bond donors (Lipinski definition) is 2. The number of anilines is 1. The van der Waals surface area contributed by atoms with Crippen LogP contribution >= 0.6 is 11.6 Å². The zero-order valence-corrected chi connectivity index (χ0v) is 14.7. The normalized spacial score (nSPS) is 10.7. The Kier molecular flexibility index (Phi) is 4.93. The highest BCUT2D eigenvalue weighted by atomic mass is 35.5. The molecule has 0 unspecified atom stereocenters. The maximum absolute atomic E-state index is 12.4. The van der Waals surface area contributed by atoms with Gasteiger partial charge in [0.15, 0.2) is 0 Å². The Labute approximate surface area is 151 Å². The van der Waals surface area contributed by atoms with Gasteiger partial charge in [-0.25, -0.2) is 0 Å². The van der Waals surface area contributed by atoms with Crippen molar-refractivity contribution in [1.29, 1.82) is 0 Å². The van der Waals surface area contributed by atoms with Gasteiger partial charge in [-0.15, -0.1) is 0 Å². The van der Waals surface area contributed by atoms with Gasteiger partial charge in [-0.05, 0) is 67.4 Å². The summed E-state index contributed by atoms with van der Waals surface area (Å²) >= 11 is 6.08. The van der Waals surface area contributed by atoms with E-state index in [2.05, 4.69) is 5.32 Å². The third-order valence-corrected chi connectivity index (χ3v) is 4.41. The molecule has 3 aromatic rings. The molecule has 0 aliphatic heterocycles. The van der Waals surface area contributed by atoms with Crippen LogP contribution in [0.4, 0.5) is 5.69 Å². The number of aliphatic hydroxyl groups is 1. The van der Waals surface area contributed by atoms with Crippen LogP contribution in [0.5, 0.6) is 0 Å². The van der Waals surface area contributed by atoms with Gasteiger partial charge in [0, 0.05) is 21.8 Å². The summed E-state index contributed by atoms with van der Waals surface area (Å²) in [5.41, 5.74) is 4.00. The van der Waals surface area contributed by atoms with Gasteiger partial charge in [0.25, 0.3) is 5.91 Å². The van der Waals surface area contributed by atoms with E-state index in [0.29, 0.717) is 27.8 Å². The summed E-state index contributed by atoms with van der Waals surface area (Å²) in [5.74, 6) is 0.988. The molecule has 0 saturated heterocycles. The Morgan fingerprint density at radius 2 is 1.88 bits per heavy atom. The molecule has 0 aliphatic carbocycles. The summed E-state index contributed by atoms with van der Waals surface area (Å²) < 4.78 is 5.56. The van der Waals surface area contributed by atoms with Gasteiger partial charge in [0.1, 0.15) is 18.1 Å². The summed E-state index contributed by atoms with van der Waals surface area (Å²) in [6.07, 6.45) is 0. The van der Waals surface area contributed by atoms with Crippen molar-refractivity contribution in [2.45, 2.75) is 20.5 Å². The van der Waals surface area contributed by atoms with Gasteiger partial charge < -0.3 is 14.8 Å². The Balaban J connectivity index is 1.80. The number of nitrogens with one attached hydrogen (secondary N) is 1. The maximum Gasteiger partial charge on any atom is 0.255 e. The molecule has 25 heavy (non-hydrogen) atoms. The first-order valence-corrected chi connectivity index (χ1v) is 8.24. The fourth-order valence-corrected chi connectivity index (χ4v) is 2.74. The van der Waals surface area contributed by atoms with Crippen LogP contribution < -0.4 is 5.32 Å². The van der Waals surface area contributed by atoms with E-state index >= 15 is 0 Å². The van der Waals surface area contributed by atoms with E-state index < -0.39 is 0 Å². The van der Waals surface area contributed by atoms with Crippen molar-refractivity contribution in [2.75, 3.05) is 5.32 Å². The number of benzene rings is 2. The standard InChI is InChI=1S/C20H18ClNO3/c1-12-3-4-14(10-18(12)21)20(24)22-15-5-7-17(13(2)9-15)19-8-6-16(11-23)25-19/h3-10,23H,11H2,1-2H3,(H,22,24). The first kappa shape index (κ1) is 17.3. The second-order valence-corrected chi connectivity index (χ2v) is 6.28. The molecule has 4 nitrogen and oxygen atoms in total. The fraction of sp³-hybridized carbons (Fsp3) is 0.150. The van der Waals surface area contributed by atoms with Crippen LogP contribution in [0.15, 0.2) is 52.9 Å². The first-order chi connectivity index (χ1) is 12.0. The van der Waals surface area contributed by atoms with Crippen molar-refractivity contribution in [3.63, 3.8) is 0 Å². The average molecular weight is 356 g/mol. The largest absolute Gasteiger partial charge is 0.459 e. The second-order valence-electron chi connectivity index (χ2n) is 5.87. The quantitative estimate of drug-likeness (QED) is 0.695. The molecule has 2 N–H and O–H groups in total. The Morgan fingerprint density at radius 3 is 2.52 bits per heavy atom. The van der Waals surface area contributed by atoms with Crippen LogP contribution in [-0.4, -0.2) is 11.0 Å². The summed E-state index contributed by atoms with van der Waals surface area (Å²) in [6, 6.07) is 14.4. The van der Waals surface area contributed by atoms with Gasteiger partial charge >= 0.3 is 0 Å². The van der Waals surface area contributed by atoms with Crippen molar-refractivity contribution in [2.24, 2.45) is 0 Å². The number of furan rings is 1. The van der Waals surface area contributed by atoms with Crippen LogP contribution in [0.3, 0.4) is 0 Å². The van der Waals surface area contributed by atoms with Crippen LogP contribution in [0.1, 0.15) is 27.2 Å². The molecule has 0 aliphatic rings. The zero-order valence-electron chi connectivity index (χ0n) is 14.0. The number of carbonyl (C=O) groups excluding carboxylic acids is 1. The number of hydrogen-bond acceptors (Lipinski definition) is 3. The molecule has 0 radical (unpaired) electrons. The van der Waals surface area contributed by atoms with E-state index in [1.54, 1.807) is 18.2 Å². The molecule has 0 spiro atoms. The molecule has 0 bridgehead atoms. The third-order valence-electron chi connectivity index (χ3n) is 4.00. The summed E-state index contributed by atoms with van der Waals surface area (Å²) in [4.78, 5) is 12.4. The Bertz CT molecular complexity index is 930. The smallest absolute Gasteiger partial charge is 0.255 e. The SMILES string of the molecule is Cc1ccc(C(=O)Nc2ccc(-c3ccc(CO)o3)c(C)c2)cc1Cl. The minimum absolute atomic E-state index is 0.133. The molecule has 0 fully saturated rings. The molecule has 0 atom stereocenters. The molecule has 5 heteroatoms. The maximum atomic E-state index is 12.4. The van der Waals surface area contributed by atoms with Crippen LogP contribution in [0.2, 0.25) is 5.02 Å². The van der Waals surface area contributed by atoms with Gasteiger partial charge in [-0.3, -0.25) is 4.79 Å². The minimum atomic E-state index is -0.213. The molecule has 3 rings (SSSR count). The van der Waals surface area contributed by atoms with E-state index in [1.165, 1.54) is 0 Å². The fourth-order valence-electron chi connectivity index (χ4n) is 2.56. The van der Waals surface area contributed by atoms with Gasteiger partial charge in [-0.1, -0.05) is 17.7 Å². The highest BCUT2D eigenvalue weighted by Gasteiger charge is 2.11. The number of rotatable bonds is 4. The summed E-state index contributed by atoms with van der Waals surface area (Å²) in [6.45, 7) is 3.70. The lowest BCUT2D eigenvalue weighted by molar-refractivity contribution is 0.102. The third kappa shape index (κ3) is 3.76. The van der Waals surface area contributed by atoms with Crippen LogP contribution in [-0.2, 0) is 6.61 Å². The molecular formula is C20H18ClNO3. The lowest BCUT2D eigenvalue weighted by atomic mass is 10.1. The lowest BCUT2D eigenvalue weighted by Gasteiger charge is -2.09. The van der Waals surface area contributed by atoms with Crippen molar-refractivity contribution in [1.82, 2.24) is 0 Å². The average Bonchev–Trinajstić information content (AvgIpc) is 3.06. The van der Waals surface area contributed by atoms with Crippen LogP contribution in [0, 0.1) is 13.8 Å². The molecule has 1 aromatic heterocycles. The summed E-state index contributed by atoms with van der Waals surface area (Å²) in [7, 11) is 0. The highest BCUT2D eigenvalue weighted by molar-refractivity contribution is 6.31. The van der Waals surface area contributed by atoms with Crippen molar-refractivity contribution in [3.8, 4) is 11.3 Å². The lowest BCUT2D eigenvalue weighted by Crippen LogP contribution is -2.12. The molecule has 0 saturated carbocycles. The number of aryl methyl sites for hydroxylation is 2. The van der Waals surface area contributed by atoms with Crippen molar-refractivity contribution < 1.29 is 14.3 Å².